The summed E-state index contributed by atoms with van der Waals surface area (Å²) in [6.45, 7) is 5.45. The Bertz CT molecular complexity index is 572. The summed E-state index contributed by atoms with van der Waals surface area (Å²) >= 11 is 0. The molecule has 0 spiro atoms. The van der Waals surface area contributed by atoms with Crippen molar-refractivity contribution in [3.8, 4) is 0 Å². The lowest BCUT2D eigenvalue weighted by atomic mass is 10.2. The van der Waals surface area contributed by atoms with Gasteiger partial charge in [-0.3, -0.25) is 9.69 Å². The molecule has 0 saturated carbocycles. The van der Waals surface area contributed by atoms with E-state index in [9.17, 15) is 14.0 Å². The Kier molecular flexibility index (Phi) is 7.16. The van der Waals surface area contributed by atoms with Gasteiger partial charge in [-0.25, -0.2) is 9.18 Å². The van der Waals surface area contributed by atoms with Gasteiger partial charge in [-0.1, -0.05) is 12.1 Å². The molecular weight excluding hydrogens is 315 g/mol. The molecule has 1 aromatic carbocycles. The highest BCUT2D eigenvalue weighted by Crippen LogP contribution is 2.17. The van der Waals surface area contributed by atoms with E-state index in [1.54, 1.807) is 32.9 Å². The van der Waals surface area contributed by atoms with Crippen molar-refractivity contribution in [2.24, 2.45) is 0 Å². The predicted octanol–water partition coefficient (Wildman–Crippen LogP) is 2.67. The largest absolute Gasteiger partial charge is 0.444 e. The first kappa shape index (κ1) is 19.9. The van der Waals surface area contributed by atoms with Gasteiger partial charge in [-0.05, 0) is 32.9 Å². The van der Waals surface area contributed by atoms with Gasteiger partial charge >= 0.3 is 6.09 Å². The van der Waals surface area contributed by atoms with Gasteiger partial charge in [-0.2, -0.15) is 0 Å². The average Bonchev–Trinajstić information content (AvgIpc) is 2.49. The third-order valence-corrected chi connectivity index (χ3v) is 3.13. The van der Waals surface area contributed by atoms with Crippen LogP contribution >= 0.6 is 0 Å². The normalized spacial score (nSPS) is 11.1. The van der Waals surface area contributed by atoms with E-state index in [4.69, 9.17) is 9.47 Å². The van der Waals surface area contributed by atoms with Crippen molar-refractivity contribution in [1.82, 2.24) is 4.90 Å². The number of hydrogen-bond donors (Lipinski definition) is 0. The number of carbonyl (C=O) groups excluding carboxylic acids is 2. The predicted molar refractivity (Wildman–Crippen MR) is 89.5 cm³/mol. The van der Waals surface area contributed by atoms with Gasteiger partial charge < -0.3 is 14.4 Å². The topological polar surface area (TPSA) is 59.1 Å². The molecule has 24 heavy (non-hydrogen) atoms. The number of rotatable bonds is 6. The quantitative estimate of drug-likeness (QED) is 0.799. The van der Waals surface area contributed by atoms with Crippen LogP contribution in [0.4, 0.5) is 14.9 Å². The summed E-state index contributed by atoms with van der Waals surface area (Å²) in [4.78, 5) is 27.1. The highest BCUT2D eigenvalue weighted by molar-refractivity contribution is 5.95. The summed E-state index contributed by atoms with van der Waals surface area (Å²) in [7, 11) is 2.96. The zero-order chi connectivity index (χ0) is 18.3. The van der Waals surface area contributed by atoms with Crippen LogP contribution in [-0.4, -0.2) is 56.4 Å². The SMILES string of the molecule is COCCN(CC(=O)N(C)c1ccccc1F)C(=O)OC(C)(C)C. The van der Waals surface area contributed by atoms with Crippen LogP contribution in [0.5, 0.6) is 0 Å². The van der Waals surface area contributed by atoms with Crippen LogP contribution in [0.3, 0.4) is 0 Å². The molecule has 1 aromatic rings. The summed E-state index contributed by atoms with van der Waals surface area (Å²) in [6.07, 6.45) is -0.616. The van der Waals surface area contributed by atoms with E-state index in [0.29, 0.717) is 0 Å². The Labute approximate surface area is 142 Å². The van der Waals surface area contributed by atoms with Gasteiger partial charge in [0.05, 0.1) is 12.3 Å². The second-order valence-electron chi connectivity index (χ2n) is 6.30. The fourth-order valence-corrected chi connectivity index (χ4v) is 1.89. The van der Waals surface area contributed by atoms with Crippen LogP contribution in [-0.2, 0) is 14.3 Å². The number of ether oxygens (including phenoxy) is 2. The molecule has 0 N–H and O–H groups in total. The Morgan fingerprint density at radius 1 is 1.21 bits per heavy atom. The number of carbonyl (C=O) groups is 2. The molecule has 0 aliphatic rings. The third kappa shape index (κ3) is 6.16. The minimum Gasteiger partial charge on any atom is -0.444 e. The maximum atomic E-state index is 13.8. The molecule has 0 bridgehead atoms. The van der Waals surface area contributed by atoms with Crippen molar-refractivity contribution in [3.63, 3.8) is 0 Å². The second kappa shape index (κ2) is 8.63. The summed E-state index contributed by atoms with van der Waals surface area (Å²) in [5.41, 5.74) is -0.526. The van der Waals surface area contributed by atoms with E-state index in [0.717, 1.165) is 0 Å². The molecule has 0 aromatic heterocycles. The van der Waals surface area contributed by atoms with E-state index >= 15 is 0 Å². The maximum Gasteiger partial charge on any atom is 0.410 e. The van der Waals surface area contributed by atoms with E-state index in [1.165, 1.54) is 36.1 Å². The van der Waals surface area contributed by atoms with Crippen LogP contribution in [0.15, 0.2) is 24.3 Å². The highest BCUT2D eigenvalue weighted by atomic mass is 19.1. The highest BCUT2D eigenvalue weighted by Gasteiger charge is 2.25. The third-order valence-electron chi connectivity index (χ3n) is 3.13. The Morgan fingerprint density at radius 3 is 2.38 bits per heavy atom. The molecular formula is C17H25FN2O4. The lowest BCUT2D eigenvalue weighted by Gasteiger charge is -2.28. The van der Waals surface area contributed by atoms with Gasteiger partial charge in [0.1, 0.15) is 18.0 Å². The first-order valence-corrected chi connectivity index (χ1v) is 7.63. The van der Waals surface area contributed by atoms with E-state index < -0.39 is 23.4 Å². The zero-order valence-electron chi connectivity index (χ0n) is 14.8. The van der Waals surface area contributed by atoms with Crippen LogP contribution in [0.2, 0.25) is 0 Å². The van der Waals surface area contributed by atoms with Crippen molar-refractivity contribution < 1.29 is 23.5 Å². The molecule has 1 rings (SSSR count). The second-order valence-corrected chi connectivity index (χ2v) is 6.30. The van der Waals surface area contributed by atoms with Crippen molar-refractivity contribution in [1.29, 1.82) is 0 Å². The minimum absolute atomic E-state index is 0.151. The number of methoxy groups -OCH3 is 1. The van der Waals surface area contributed by atoms with Gasteiger partial charge in [0.25, 0.3) is 0 Å². The zero-order valence-corrected chi connectivity index (χ0v) is 14.8. The van der Waals surface area contributed by atoms with Crippen LogP contribution in [0, 0.1) is 5.82 Å². The Morgan fingerprint density at radius 2 is 1.83 bits per heavy atom. The van der Waals surface area contributed by atoms with Gasteiger partial charge in [0, 0.05) is 20.7 Å². The Balaban J connectivity index is 2.83. The molecule has 0 radical (unpaired) electrons. The standard InChI is InChI=1S/C17H25FN2O4/c1-17(2,3)24-16(22)20(10-11-23-5)12-15(21)19(4)14-9-7-6-8-13(14)18/h6-9H,10-12H2,1-5H3. The number of halogens is 1. The number of para-hydroxylation sites is 1. The lowest BCUT2D eigenvalue weighted by molar-refractivity contribution is -0.119. The number of hydrogen-bond acceptors (Lipinski definition) is 4. The molecule has 0 aliphatic carbocycles. The molecule has 0 heterocycles. The molecule has 7 heteroatoms. The lowest BCUT2D eigenvalue weighted by Crippen LogP contribution is -2.45. The summed E-state index contributed by atoms with van der Waals surface area (Å²) in [6, 6.07) is 5.96. The van der Waals surface area contributed by atoms with Crippen molar-refractivity contribution >= 4 is 17.7 Å². The van der Waals surface area contributed by atoms with Gasteiger partial charge in [-0.15, -0.1) is 0 Å². The van der Waals surface area contributed by atoms with Crippen molar-refractivity contribution in [2.45, 2.75) is 26.4 Å². The number of amides is 2. The Hall–Kier alpha value is -2.15. The van der Waals surface area contributed by atoms with Crippen molar-refractivity contribution in [3.05, 3.63) is 30.1 Å². The summed E-state index contributed by atoms with van der Waals surface area (Å²) in [5.74, 6) is -0.934. The van der Waals surface area contributed by atoms with Gasteiger partial charge in [0.2, 0.25) is 5.91 Å². The number of likely N-dealkylation sites (N-methyl/N-ethyl adjacent to an activating group) is 1. The minimum atomic E-state index is -0.678. The van der Waals surface area contributed by atoms with Crippen LogP contribution < -0.4 is 4.90 Å². The first-order valence-electron chi connectivity index (χ1n) is 7.63. The molecule has 0 fully saturated rings. The molecule has 0 aliphatic heterocycles. The summed E-state index contributed by atoms with van der Waals surface area (Å²) in [5, 5.41) is 0. The van der Waals surface area contributed by atoms with Crippen LogP contribution in [0.1, 0.15) is 20.8 Å². The van der Waals surface area contributed by atoms with E-state index in [-0.39, 0.29) is 25.4 Å². The van der Waals surface area contributed by atoms with Crippen LogP contribution in [0.25, 0.3) is 0 Å². The smallest absolute Gasteiger partial charge is 0.410 e. The average molecular weight is 340 g/mol. The number of benzene rings is 1. The number of nitrogens with zero attached hydrogens (tertiary/aromatic N) is 2. The van der Waals surface area contributed by atoms with E-state index in [2.05, 4.69) is 0 Å². The summed E-state index contributed by atoms with van der Waals surface area (Å²) < 4.78 is 24.1. The monoisotopic (exact) mass is 340 g/mol. The molecule has 0 unspecified atom stereocenters. The fraction of sp³-hybridized carbons (Fsp3) is 0.529. The van der Waals surface area contributed by atoms with Gasteiger partial charge in [0.15, 0.2) is 0 Å². The van der Waals surface area contributed by atoms with Crippen molar-refractivity contribution in [2.75, 3.05) is 38.8 Å². The molecule has 0 atom stereocenters. The van der Waals surface area contributed by atoms with E-state index in [1.807, 2.05) is 0 Å². The first-order chi connectivity index (χ1) is 11.2. The molecule has 6 nitrogen and oxygen atoms in total. The molecule has 2 amide bonds. The fourth-order valence-electron chi connectivity index (χ4n) is 1.89. The number of anilines is 1. The maximum absolute atomic E-state index is 13.8. The molecule has 0 saturated heterocycles. The molecule has 134 valence electrons.